The zero-order chi connectivity index (χ0) is 14.2. The fraction of sp³-hybridized carbons (Fsp3) is 0.562. The molecule has 1 fully saturated rings. The molecule has 1 saturated heterocycles. The molecule has 1 aromatic rings. The lowest BCUT2D eigenvalue weighted by Crippen LogP contribution is -2.40. The maximum atomic E-state index is 11.7. The number of nitrogens with zero attached hydrogens (tertiary/aromatic N) is 1. The number of hydrogen-bond acceptors (Lipinski definition) is 3. The molecule has 0 aliphatic carbocycles. The van der Waals surface area contributed by atoms with E-state index in [1.54, 1.807) is 0 Å². The van der Waals surface area contributed by atoms with Gasteiger partial charge in [-0.2, -0.15) is 0 Å². The van der Waals surface area contributed by atoms with Gasteiger partial charge in [0.25, 0.3) is 0 Å². The minimum atomic E-state index is 0. The quantitative estimate of drug-likeness (QED) is 0.794. The van der Waals surface area contributed by atoms with Crippen LogP contribution in [0.2, 0.25) is 0 Å². The van der Waals surface area contributed by atoms with Gasteiger partial charge in [-0.1, -0.05) is 30.3 Å². The van der Waals surface area contributed by atoms with Crippen molar-refractivity contribution in [3.8, 4) is 0 Å². The fourth-order valence-corrected chi connectivity index (χ4v) is 2.71. The third-order valence-electron chi connectivity index (χ3n) is 3.86. The van der Waals surface area contributed by atoms with Gasteiger partial charge < -0.3 is 10.6 Å². The van der Waals surface area contributed by atoms with E-state index in [4.69, 9.17) is 0 Å². The van der Waals surface area contributed by atoms with E-state index >= 15 is 0 Å². The summed E-state index contributed by atoms with van der Waals surface area (Å²) in [6, 6.07) is 11.0. The number of halogens is 2. The minimum absolute atomic E-state index is 0. The number of benzene rings is 1. The lowest BCUT2D eigenvalue weighted by Gasteiger charge is -2.24. The Hall–Kier alpha value is -0.810. The molecule has 1 atom stereocenters. The molecule has 2 N–H and O–H groups in total. The molecule has 1 aliphatic rings. The minimum Gasteiger partial charge on any atom is -0.354 e. The Morgan fingerprint density at radius 3 is 2.68 bits per heavy atom. The van der Waals surface area contributed by atoms with Crippen LogP contribution in [0.25, 0.3) is 0 Å². The molecule has 0 spiro atoms. The summed E-state index contributed by atoms with van der Waals surface area (Å²) in [5.41, 5.74) is 1.35. The van der Waals surface area contributed by atoms with E-state index in [0.29, 0.717) is 12.5 Å². The van der Waals surface area contributed by atoms with Crippen LogP contribution in [0.5, 0.6) is 0 Å². The van der Waals surface area contributed by atoms with Crippen LogP contribution in [0, 0.1) is 0 Å². The van der Waals surface area contributed by atoms with E-state index in [1.165, 1.54) is 18.4 Å². The first kappa shape index (κ1) is 21.2. The van der Waals surface area contributed by atoms with Crippen molar-refractivity contribution in [3.63, 3.8) is 0 Å². The van der Waals surface area contributed by atoms with Crippen molar-refractivity contribution in [2.24, 2.45) is 0 Å². The molecule has 4 nitrogen and oxygen atoms in total. The first-order valence-corrected chi connectivity index (χ1v) is 7.49. The highest BCUT2D eigenvalue weighted by molar-refractivity contribution is 5.85. The molecule has 1 unspecified atom stereocenters. The summed E-state index contributed by atoms with van der Waals surface area (Å²) in [5, 5.41) is 6.05. The average molecular weight is 348 g/mol. The molecule has 1 aromatic carbocycles. The van der Waals surface area contributed by atoms with Gasteiger partial charge in [-0.05, 0) is 32.0 Å². The molecule has 2 rings (SSSR count). The number of carbonyl (C=O) groups is 1. The van der Waals surface area contributed by atoms with Gasteiger partial charge in [0, 0.05) is 32.1 Å². The molecule has 0 radical (unpaired) electrons. The summed E-state index contributed by atoms with van der Waals surface area (Å²) in [6.07, 6.45) is 2.96. The van der Waals surface area contributed by atoms with Gasteiger partial charge in [-0.3, -0.25) is 9.69 Å². The van der Waals surface area contributed by atoms with Crippen LogP contribution < -0.4 is 10.6 Å². The van der Waals surface area contributed by atoms with Gasteiger partial charge in [0.1, 0.15) is 0 Å². The SMILES string of the molecule is CNCCC(=O)NCC1CCCN1Cc1ccccc1.Cl.Cl. The van der Waals surface area contributed by atoms with E-state index in [2.05, 4.69) is 39.8 Å². The molecular weight excluding hydrogens is 321 g/mol. The normalized spacial score (nSPS) is 17.4. The Balaban J connectivity index is 0.00000220. The summed E-state index contributed by atoms with van der Waals surface area (Å²) in [7, 11) is 1.87. The Bertz CT molecular complexity index is 417. The van der Waals surface area contributed by atoms with Gasteiger partial charge in [0.15, 0.2) is 0 Å². The Morgan fingerprint density at radius 1 is 1.27 bits per heavy atom. The molecule has 126 valence electrons. The molecule has 22 heavy (non-hydrogen) atoms. The van der Waals surface area contributed by atoms with Gasteiger partial charge in [-0.15, -0.1) is 24.8 Å². The lowest BCUT2D eigenvalue weighted by molar-refractivity contribution is -0.121. The maximum absolute atomic E-state index is 11.7. The largest absolute Gasteiger partial charge is 0.354 e. The Morgan fingerprint density at radius 2 is 2.00 bits per heavy atom. The molecule has 0 bridgehead atoms. The first-order chi connectivity index (χ1) is 9.79. The predicted octanol–water partition coefficient (Wildman–Crippen LogP) is 2.22. The van der Waals surface area contributed by atoms with Gasteiger partial charge in [0.2, 0.25) is 5.91 Å². The van der Waals surface area contributed by atoms with Crippen molar-refractivity contribution in [2.45, 2.75) is 31.8 Å². The highest BCUT2D eigenvalue weighted by atomic mass is 35.5. The number of likely N-dealkylation sites (tertiary alicyclic amines) is 1. The summed E-state index contributed by atoms with van der Waals surface area (Å²) in [5.74, 6) is 0.144. The van der Waals surface area contributed by atoms with Crippen LogP contribution in [-0.2, 0) is 11.3 Å². The van der Waals surface area contributed by atoms with Crippen molar-refractivity contribution in [1.82, 2.24) is 15.5 Å². The highest BCUT2D eigenvalue weighted by Crippen LogP contribution is 2.19. The summed E-state index contributed by atoms with van der Waals surface area (Å²) in [6.45, 7) is 3.63. The molecule has 1 amide bonds. The molecule has 0 aromatic heterocycles. The zero-order valence-electron chi connectivity index (χ0n) is 13.1. The number of nitrogens with one attached hydrogen (secondary N) is 2. The topological polar surface area (TPSA) is 44.4 Å². The van der Waals surface area contributed by atoms with E-state index in [-0.39, 0.29) is 30.7 Å². The first-order valence-electron chi connectivity index (χ1n) is 7.49. The molecule has 1 aliphatic heterocycles. The average Bonchev–Trinajstić information content (AvgIpc) is 2.91. The standard InChI is InChI=1S/C16H25N3O.2ClH/c1-17-10-9-16(20)18-12-15-8-5-11-19(15)13-14-6-3-2-4-7-14;;/h2-4,6-7,15,17H,5,8-13H2,1H3,(H,18,20);2*1H. The van der Waals surface area contributed by atoms with Crippen molar-refractivity contribution >= 4 is 30.7 Å². The van der Waals surface area contributed by atoms with Gasteiger partial charge in [0.05, 0.1) is 0 Å². The number of rotatable bonds is 7. The lowest BCUT2D eigenvalue weighted by atomic mass is 10.2. The molecular formula is C16H27Cl2N3O. The molecule has 0 saturated carbocycles. The van der Waals surface area contributed by atoms with Crippen LogP contribution in [0.1, 0.15) is 24.8 Å². The van der Waals surface area contributed by atoms with Crippen molar-refractivity contribution in [1.29, 1.82) is 0 Å². The number of carbonyl (C=O) groups excluding carboxylic acids is 1. The Kier molecular flexibility index (Phi) is 11.3. The Labute approximate surface area is 145 Å². The monoisotopic (exact) mass is 347 g/mol. The van der Waals surface area contributed by atoms with Crippen molar-refractivity contribution in [2.75, 3.05) is 26.7 Å². The van der Waals surface area contributed by atoms with Crippen LogP contribution >= 0.6 is 24.8 Å². The molecule has 1 heterocycles. The van der Waals surface area contributed by atoms with E-state index in [0.717, 1.165) is 26.2 Å². The van der Waals surface area contributed by atoms with Gasteiger partial charge >= 0.3 is 0 Å². The number of amides is 1. The van der Waals surface area contributed by atoms with Crippen LogP contribution in [0.15, 0.2) is 30.3 Å². The van der Waals surface area contributed by atoms with Crippen LogP contribution in [0.3, 0.4) is 0 Å². The summed E-state index contributed by atoms with van der Waals surface area (Å²) in [4.78, 5) is 14.1. The van der Waals surface area contributed by atoms with E-state index in [9.17, 15) is 4.79 Å². The second kappa shape index (κ2) is 11.7. The second-order valence-corrected chi connectivity index (χ2v) is 5.41. The second-order valence-electron chi connectivity index (χ2n) is 5.41. The fourth-order valence-electron chi connectivity index (χ4n) is 2.71. The van der Waals surface area contributed by atoms with E-state index in [1.807, 2.05) is 13.1 Å². The van der Waals surface area contributed by atoms with Crippen molar-refractivity contribution < 1.29 is 4.79 Å². The summed E-state index contributed by atoms with van der Waals surface area (Å²) < 4.78 is 0. The zero-order valence-corrected chi connectivity index (χ0v) is 14.7. The highest BCUT2D eigenvalue weighted by Gasteiger charge is 2.24. The van der Waals surface area contributed by atoms with Crippen LogP contribution in [-0.4, -0.2) is 43.5 Å². The third-order valence-corrected chi connectivity index (χ3v) is 3.86. The van der Waals surface area contributed by atoms with Crippen molar-refractivity contribution in [3.05, 3.63) is 35.9 Å². The number of hydrogen-bond donors (Lipinski definition) is 2. The van der Waals surface area contributed by atoms with E-state index < -0.39 is 0 Å². The molecule has 6 heteroatoms. The van der Waals surface area contributed by atoms with Crippen LogP contribution in [0.4, 0.5) is 0 Å². The van der Waals surface area contributed by atoms with Gasteiger partial charge in [-0.25, -0.2) is 0 Å². The smallest absolute Gasteiger partial charge is 0.221 e. The maximum Gasteiger partial charge on any atom is 0.221 e. The third kappa shape index (κ3) is 6.97. The predicted molar refractivity (Wildman–Crippen MR) is 95.9 cm³/mol. The summed E-state index contributed by atoms with van der Waals surface area (Å²) >= 11 is 0.